The van der Waals surface area contributed by atoms with Crippen molar-refractivity contribution in [1.82, 2.24) is 20.6 Å². The second-order valence-electron chi connectivity index (χ2n) is 1.23. The molecule has 78 valence electrons. The summed E-state index contributed by atoms with van der Waals surface area (Å²) >= 11 is 0. The van der Waals surface area contributed by atoms with Gasteiger partial charge in [0.2, 0.25) is 5.95 Å². The molecule has 12 heteroatoms. The van der Waals surface area contributed by atoms with Crippen molar-refractivity contribution in [3.8, 4) is 0 Å². The van der Waals surface area contributed by atoms with Gasteiger partial charge in [0.25, 0.3) is 0 Å². The van der Waals surface area contributed by atoms with E-state index in [0.29, 0.717) is 0 Å². The number of hydrogen-bond acceptors (Lipinski definition) is 8. The topological polar surface area (TPSA) is 196 Å². The zero-order chi connectivity index (χ0) is 10.9. The number of nitrogen functional groups attached to an aromatic ring is 1. The van der Waals surface area contributed by atoms with E-state index in [1.807, 2.05) is 0 Å². The number of tetrazole rings is 1. The second kappa shape index (κ2) is 7.32. The van der Waals surface area contributed by atoms with E-state index in [0.717, 1.165) is 0 Å². The lowest BCUT2D eigenvalue weighted by Gasteiger charge is -1.68. The molecular weight excluding hydrogens is 210 g/mol. The van der Waals surface area contributed by atoms with E-state index in [4.69, 9.17) is 33.8 Å². The Morgan fingerprint density at radius 2 is 1.69 bits per heavy atom. The number of nitrogens with two attached hydrogens (primary N) is 1. The largest absolute Gasteiger partial charge is 0.394 e. The monoisotopic (exact) mass is 217 g/mol. The molecule has 0 unspecified atom stereocenters. The van der Waals surface area contributed by atoms with Crippen LogP contribution >= 0.6 is 0 Å². The van der Waals surface area contributed by atoms with Crippen LogP contribution in [0.25, 0.3) is 0 Å². The van der Waals surface area contributed by atoms with E-state index in [2.05, 4.69) is 20.6 Å². The number of aromatic nitrogens is 4. The third-order valence-electron chi connectivity index (χ3n) is 0.362. The Labute approximate surface area is 71.7 Å². The van der Waals surface area contributed by atoms with E-state index in [-0.39, 0.29) is 5.95 Å². The molecule has 0 radical (unpaired) electrons. The van der Waals surface area contributed by atoms with Crippen LogP contribution in [-0.2, 0) is 10.4 Å². The molecule has 0 fully saturated rings. The average molecular weight is 217 g/mol. The predicted molar refractivity (Wildman–Crippen MR) is 38.0 cm³/mol. The second-order valence-corrected chi connectivity index (χ2v) is 2.13. The minimum Gasteiger partial charge on any atom is -0.367 e. The highest BCUT2D eigenvalue weighted by Crippen LogP contribution is 1.72. The lowest BCUT2D eigenvalue weighted by atomic mass is 11.2. The lowest BCUT2D eigenvalue weighted by molar-refractivity contribution is -0.176. The molecule has 7 N–H and O–H groups in total. The fourth-order valence-electron chi connectivity index (χ4n) is 0.166. The van der Waals surface area contributed by atoms with Crippen molar-refractivity contribution in [2.45, 2.75) is 0 Å². The molecule has 0 bridgehead atoms. The van der Waals surface area contributed by atoms with Gasteiger partial charge in [-0.15, -0.1) is 0 Å². The van der Waals surface area contributed by atoms with Gasteiger partial charge >= 0.3 is 10.4 Å². The van der Waals surface area contributed by atoms with E-state index in [9.17, 15) is 0 Å². The van der Waals surface area contributed by atoms with Crippen molar-refractivity contribution in [2.24, 2.45) is 0 Å². The zero-order valence-corrected chi connectivity index (χ0v) is 6.75. The van der Waals surface area contributed by atoms with Gasteiger partial charge in [0.05, 0.1) is 0 Å². The van der Waals surface area contributed by atoms with Gasteiger partial charge in [0.1, 0.15) is 0 Å². The molecule has 0 aromatic carbocycles. The number of aromatic amines is 1. The fraction of sp³-hybridized carbons (Fsp3) is 0. The summed E-state index contributed by atoms with van der Waals surface area (Å²) in [6, 6.07) is 0. The Morgan fingerprint density at radius 3 is 1.77 bits per heavy atom. The maximum absolute atomic E-state index is 8.74. The van der Waals surface area contributed by atoms with Crippen molar-refractivity contribution in [3.05, 3.63) is 0 Å². The SMILES string of the molecule is Nc1nnn[nH]1.O=S(=O)(O)O.OO. The number of nitrogens with zero attached hydrogens (tertiary/aromatic N) is 3. The Bertz CT molecular complexity index is 270. The summed E-state index contributed by atoms with van der Waals surface area (Å²) in [5, 5.41) is 23.9. The van der Waals surface area contributed by atoms with Crippen LogP contribution in [0.15, 0.2) is 0 Å². The van der Waals surface area contributed by atoms with Crippen molar-refractivity contribution < 1.29 is 28.0 Å². The normalized spacial score (nSPS) is 8.92. The van der Waals surface area contributed by atoms with Gasteiger partial charge in [-0.05, 0) is 10.4 Å². The summed E-state index contributed by atoms with van der Waals surface area (Å²) in [6.07, 6.45) is 0. The molecule has 0 amide bonds. The van der Waals surface area contributed by atoms with Gasteiger partial charge in [0, 0.05) is 0 Å². The van der Waals surface area contributed by atoms with Gasteiger partial charge < -0.3 is 5.73 Å². The quantitative estimate of drug-likeness (QED) is 0.163. The van der Waals surface area contributed by atoms with Crippen molar-refractivity contribution in [1.29, 1.82) is 0 Å². The molecule has 1 aromatic rings. The van der Waals surface area contributed by atoms with E-state index < -0.39 is 10.4 Å². The highest BCUT2D eigenvalue weighted by Gasteiger charge is 1.84. The van der Waals surface area contributed by atoms with Gasteiger partial charge in [-0.3, -0.25) is 19.6 Å². The minimum atomic E-state index is -4.67. The number of rotatable bonds is 0. The number of anilines is 1. The Hall–Kier alpha value is -1.34. The Kier molecular flexibility index (Phi) is 7.99. The Balaban J connectivity index is 0. The molecule has 11 nitrogen and oxygen atoms in total. The highest BCUT2D eigenvalue weighted by molar-refractivity contribution is 7.79. The van der Waals surface area contributed by atoms with Gasteiger partial charge in [-0.2, -0.15) is 8.42 Å². The Morgan fingerprint density at radius 1 is 1.31 bits per heavy atom. The first kappa shape index (κ1) is 14.2. The third-order valence-corrected chi connectivity index (χ3v) is 0.362. The highest BCUT2D eigenvalue weighted by atomic mass is 32.3. The van der Waals surface area contributed by atoms with Crippen LogP contribution in [-0.4, -0.2) is 48.7 Å². The number of H-pyrrole nitrogens is 1. The molecule has 0 spiro atoms. The van der Waals surface area contributed by atoms with Crippen LogP contribution in [0.5, 0.6) is 0 Å². The van der Waals surface area contributed by atoms with Crippen LogP contribution in [0, 0.1) is 0 Å². The molecule has 0 aliphatic heterocycles. The fourth-order valence-corrected chi connectivity index (χ4v) is 0.166. The number of nitrogens with one attached hydrogen (secondary N) is 1. The van der Waals surface area contributed by atoms with Crippen LogP contribution in [0.4, 0.5) is 5.95 Å². The molecule has 0 saturated carbocycles. The zero-order valence-electron chi connectivity index (χ0n) is 5.93. The van der Waals surface area contributed by atoms with E-state index >= 15 is 0 Å². The average Bonchev–Trinajstić information content (AvgIpc) is 2.40. The molecule has 1 heterocycles. The first-order valence-electron chi connectivity index (χ1n) is 2.28. The maximum Gasteiger partial charge on any atom is 0.394 e. The van der Waals surface area contributed by atoms with E-state index in [1.165, 1.54) is 0 Å². The predicted octanol–water partition coefficient (Wildman–Crippen LogP) is -1.85. The van der Waals surface area contributed by atoms with Crippen LogP contribution in [0.3, 0.4) is 0 Å². The molecule has 1 aromatic heterocycles. The smallest absolute Gasteiger partial charge is 0.367 e. The molecule has 1 rings (SSSR count). The summed E-state index contributed by atoms with van der Waals surface area (Å²) in [4.78, 5) is 0. The molecule has 0 aliphatic carbocycles. The maximum atomic E-state index is 8.74. The van der Waals surface area contributed by atoms with Crippen LogP contribution < -0.4 is 5.73 Å². The third kappa shape index (κ3) is 25.0. The summed E-state index contributed by atoms with van der Waals surface area (Å²) in [6.45, 7) is 0. The van der Waals surface area contributed by atoms with Crippen LogP contribution in [0.1, 0.15) is 0 Å². The van der Waals surface area contributed by atoms with Crippen molar-refractivity contribution in [2.75, 3.05) is 5.73 Å². The van der Waals surface area contributed by atoms with Gasteiger partial charge in [-0.25, -0.2) is 5.10 Å². The summed E-state index contributed by atoms with van der Waals surface area (Å²) in [5.41, 5.74) is 4.99. The molecule has 0 saturated heterocycles. The first-order chi connectivity index (χ1) is 5.89. The summed E-state index contributed by atoms with van der Waals surface area (Å²) in [5.74, 6) is 0.245. The van der Waals surface area contributed by atoms with Crippen LogP contribution in [0.2, 0.25) is 0 Å². The summed E-state index contributed by atoms with van der Waals surface area (Å²) in [7, 11) is -4.67. The van der Waals surface area contributed by atoms with Gasteiger partial charge in [-0.1, -0.05) is 5.10 Å². The molecule has 0 aliphatic rings. The minimum absolute atomic E-state index is 0.245. The standard InChI is InChI=1S/CH3N5.H2O4S.H2O2/c2-1-3-5-6-4-1;1-5(2,3)4;1-2/h(H3,2,3,4,5,6);(H2,1,2,3,4);1-2H. The number of hydrogen-bond donors (Lipinski definition) is 6. The van der Waals surface area contributed by atoms with E-state index in [1.54, 1.807) is 0 Å². The first-order valence-corrected chi connectivity index (χ1v) is 3.68. The molecular formula is CH7N5O6S. The molecule has 0 atom stereocenters. The van der Waals surface area contributed by atoms with Crippen molar-refractivity contribution >= 4 is 16.3 Å². The molecule has 13 heavy (non-hydrogen) atoms. The summed E-state index contributed by atoms with van der Waals surface area (Å²) < 4.78 is 31.6. The lowest BCUT2D eigenvalue weighted by Crippen LogP contribution is -1.89. The van der Waals surface area contributed by atoms with Crippen molar-refractivity contribution in [3.63, 3.8) is 0 Å². The van der Waals surface area contributed by atoms with Gasteiger partial charge in [0.15, 0.2) is 0 Å².